The van der Waals surface area contributed by atoms with E-state index in [9.17, 15) is 5.11 Å². The molecule has 4 nitrogen and oxygen atoms in total. The number of aliphatic hydroxyl groups is 1. The molecule has 0 bridgehead atoms. The standard InChI is InChI=1S/C23H28N2O2/c1-15-11-16(2)17(3)22(12-15)27-14-19(26)13-25-21-10-5-4-9-20(21)24-23(25)18-7-6-8-18/h4-5,9-12,18-19,26H,6-8,13-14H2,1-3H3. The van der Waals surface area contributed by atoms with Crippen LogP contribution in [-0.2, 0) is 6.54 Å². The van der Waals surface area contributed by atoms with Crippen molar-refractivity contribution in [2.24, 2.45) is 0 Å². The Labute approximate surface area is 160 Å². The lowest BCUT2D eigenvalue weighted by molar-refractivity contribution is 0.0916. The molecule has 0 radical (unpaired) electrons. The van der Waals surface area contributed by atoms with E-state index < -0.39 is 6.10 Å². The summed E-state index contributed by atoms with van der Waals surface area (Å²) in [5, 5.41) is 10.7. The molecule has 1 fully saturated rings. The highest BCUT2D eigenvalue weighted by molar-refractivity contribution is 5.76. The second kappa shape index (κ2) is 7.35. The van der Waals surface area contributed by atoms with Crippen molar-refractivity contribution in [3.8, 4) is 5.75 Å². The van der Waals surface area contributed by atoms with E-state index in [2.05, 4.69) is 43.5 Å². The zero-order valence-corrected chi connectivity index (χ0v) is 16.4. The maximum Gasteiger partial charge on any atom is 0.122 e. The third-order valence-electron chi connectivity index (χ3n) is 5.74. The van der Waals surface area contributed by atoms with Crippen molar-refractivity contribution >= 4 is 11.0 Å². The maximum absolute atomic E-state index is 10.7. The van der Waals surface area contributed by atoms with Gasteiger partial charge in [-0.25, -0.2) is 4.98 Å². The fraction of sp³-hybridized carbons (Fsp3) is 0.435. The van der Waals surface area contributed by atoms with E-state index in [1.165, 1.54) is 30.4 Å². The van der Waals surface area contributed by atoms with Crippen LogP contribution in [0.25, 0.3) is 11.0 Å². The Morgan fingerprint density at radius 3 is 2.70 bits per heavy atom. The van der Waals surface area contributed by atoms with Gasteiger partial charge in [0.05, 0.1) is 17.6 Å². The van der Waals surface area contributed by atoms with Gasteiger partial charge in [0.15, 0.2) is 0 Å². The molecule has 1 aliphatic rings. The van der Waals surface area contributed by atoms with E-state index in [4.69, 9.17) is 9.72 Å². The van der Waals surface area contributed by atoms with Gasteiger partial charge in [-0.05, 0) is 68.5 Å². The normalized spacial score (nSPS) is 15.7. The fourth-order valence-corrected chi connectivity index (χ4v) is 3.86. The van der Waals surface area contributed by atoms with Crippen LogP contribution >= 0.6 is 0 Å². The molecule has 1 unspecified atom stereocenters. The molecule has 0 saturated heterocycles. The molecule has 0 aliphatic heterocycles. The number of benzene rings is 2. The molecule has 4 heteroatoms. The van der Waals surface area contributed by atoms with Crippen LogP contribution in [0.2, 0.25) is 0 Å². The van der Waals surface area contributed by atoms with Crippen LogP contribution in [0.15, 0.2) is 36.4 Å². The quantitative estimate of drug-likeness (QED) is 0.691. The first-order valence-electron chi connectivity index (χ1n) is 9.87. The summed E-state index contributed by atoms with van der Waals surface area (Å²) in [6.07, 6.45) is 3.07. The molecule has 142 valence electrons. The van der Waals surface area contributed by atoms with Crippen LogP contribution in [0, 0.1) is 20.8 Å². The minimum absolute atomic E-state index is 0.278. The van der Waals surface area contributed by atoms with Gasteiger partial charge in [0.1, 0.15) is 24.3 Å². The Balaban J connectivity index is 1.52. The second-order valence-corrected chi connectivity index (χ2v) is 7.87. The van der Waals surface area contributed by atoms with Crippen LogP contribution in [-0.4, -0.2) is 27.4 Å². The molecule has 3 aromatic rings. The Morgan fingerprint density at radius 1 is 1.19 bits per heavy atom. The van der Waals surface area contributed by atoms with E-state index in [0.717, 1.165) is 28.2 Å². The van der Waals surface area contributed by atoms with Gasteiger partial charge in [-0.1, -0.05) is 24.6 Å². The van der Waals surface area contributed by atoms with Gasteiger partial charge in [-0.2, -0.15) is 0 Å². The summed E-state index contributed by atoms with van der Waals surface area (Å²) in [5.41, 5.74) is 5.64. The molecular formula is C23H28N2O2. The Bertz CT molecular complexity index is 956. The zero-order valence-electron chi connectivity index (χ0n) is 16.4. The highest BCUT2D eigenvalue weighted by atomic mass is 16.5. The van der Waals surface area contributed by atoms with Gasteiger partial charge in [0.25, 0.3) is 0 Å². The Kier molecular flexibility index (Phi) is 4.92. The third kappa shape index (κ3) is 3.59. The van der Waals surface area contributed by atoms with Crippen molar-refractivity contribution in [3.05, 3.63) is 58.9 Å². The van der Waals surface area contributed by atoms with E-state index in [-0.39, 0.29) is 6.61 Å². The minimum Gasteiger partial charge on any atom is -0.491 e. The van der Waals surface area contributed by atoms with Crippen LogP contribution in [0.3, 0.4) is 0 Å². The third-order valence-corrected chi connectivity index (χ3v) is 5.74. The highest BCUT2D eigenvalue weighted by Crippen LogP contribution is 2.37. The van der Waals surface area contributed by atoms with Crippen molar-refractivity contribution < 1.29 is 9.84 Å². The number of aromatic nitrogens is 2. The lowest BCUT2D eigenvalue weighted by atomic mass is 9.85. The van der Waals surface area contributed by atoms with Gasteiger partial charge < -0.3 is 14.4 Å². The molecule has 2 aromatic carbocycles. The van der Waals surface area contributed by atoms with Crippen LogP contribution < -0.4 is 4.74 Å². The number of aryl methyl sites for hydroxylation is 2. The van der Waals surface area contributed by atoms with Gasteiger partial charge in [-0.15, -0.1) is 0 Å². The number of imidazole rings is 1. The van der Waals surface area contributed by atoms with Crippen molar-refractivity contribution in [3.63, 3.8) is 0 Å². The number of fused-ring (bicyclic) bond motifs is 1. The van der Waals surface area contributed by atoms with Gasteiger partial charge in [0, 0.05) is 5.92 Å². The maximum atomic E-state index is 10.7. The molecule has 1 aliphatic carbocycles. The first-order valence-corrected chi connectivity index (χ1v) is 9.87. The van der Waals surface area contributed by atoms with Crippen molar-refractivity contribution in [1.29, 1.82) is 0 Å². The fourth-order valence-electron chi connectivity index (χ4n) is 3.86. The van der Waals surface area contributed by atoms with Crippen LogP contribution in [0.5, 0.6) is 5.75 Å². The summed E-state index contributed by atoms with van der Waals surface area (Å²) < 4.78 is 8.17. The molecule has 1 saturated carbocycles. The molecule has 4 rings (SSSR count). The lowest BCUT2D eigenvalue weighted by Gasteiger charge is -2.26. The summed E-state index contributed by atoms with van der Waals surface area (Å²) in [7, 11) is 0. The number of hydrogen-bond donors (Lipinski definition) is 1. The average molecular weight is 364 g/mol. The lowest BCUT2D eigenvalue weighted by Crippen LogP contribution is -2.26. The van der Waals surface area contributed by atoms with Crippen molar-refractivity contribution in [2.45, 2.75) is 58.6 Å². The van der Waals surface area contributed by atoms with Gasteiger partial charge in [0.2, 0.25) is 0 Å². The Morgan fingerprint density at radius 2 is 1.96 bits per heavy atom. The first-order chi connectivity index (χ1) is 13.0. The summed E-state index contributed by atoms with van der Waals surface area (Å²) in [6.45, 7) is 7.01. The molecule has 1 heterocycles. The molecule has 1 aromatic heterocycles. The molecule has 27 heavy (non-hydrogen) atoms. The molecule has 1 N–H and O–H groups in total. The number of aliphatic hydroxyl groups excluding tert-OH is 1. The minimum atomic E-state index is -0.582. The van der Waals surface area contributed by atoms with Gasteiger partial charge >= 0.3 is 0 Å². The number of nitrogens with zero attached hydrogens (tertiary/aromatic N) is 2. The molecule has 0 amide bonds. The topological polar surface area (TPSA) is 47.3 Å². The molecule has 1 atom stereocenters. The predicted octanol–water partition coefficient (Wildman–Crippen LogP) is 4.67. The number of rotatable bonds is 6. The second-order valence-electron chi connectivity index (χ2n) is 7.87. The van der Waals surface area contributed by atoms with Crippen LogP contribution in [0.4, 0.5) is 0 Å². The smallest absolute Gasteiger partial charge is 0.122 e. The largest absolute Gasteiger partial charge is 0.491 e. The Hall–Kier alpha value is -2.33. The SMILES string of the molecule is Cc1cc(C)c(C)c(OCC(O)Cn2c(C3CCC3)nc3ccccc32)c1. The highest BCUT2D eigenvalue weighted by Gasteiger charge is 2.26. The van der Waals surface area contributed by atoms with E-state index in [1.54, 1.807) is 0 Å². The predicted molar refractivity (Wildman–Crippen MR) is 108 cm³/mol. The number of hydrogen-bond acceptors (Lipinski definition) is 3. The van der Waals surface area contributed by atoms with E-state index in [1.807, 2.05) is 18.2 Å². The van der Waals surface area contributed by atoms with Crippen molar-refractivity contribution in [1.82, 2.24) is 9.55 Å². The summed E-state index contributed by atoms with van der Waals surface area (Å²) in [5.74, 6) is 2.50. The molecular weight excluding hydrogens is 336 g/mol. The van der Waals surface area contributed by atoms with Gasteiger partial charge in [-0.3, -0.25) is 0 Å². The molecule has 0 spiro atoms. The van der Waals surface area contributed by atoms with Crippen molar-refractivity contribution in [2.75, 3.05) is 6.61 Å². The summed E-state index contributed by atoms with van der Waals surface area (Å²) in [4.78, 5) is 4.85. The van der Waals surface area contributed by atoms with Crippen LogP contribution in [0.1, 0.15) is 47.7 Å². The monoisotopic (exact) mass is 364 g/mol. The van der Waals surface area contributed by atoms with E-state index in [0.29, 0.717) is 12.5 Å². The zero-order chi connectivity index (χ0) is 19.0. The number of ether oxygens (including phenoxy) is 1. The van der Waals surface area contributed by atoms with E-state index >= 15 is 0 Å². The number of para-hydroxylation sites is 2. The summed E-state index contributed by atoms with van der Waals surface area (Å²) >= 11 is 0. The average Bonchev–Trinajstić information content (AvgIpc) is 2.93. The first kappa shape index (κ1) is 18.1. The summed E-state index contributed by atoms with van der Waals surface area (Å²) in [6, 6.07) is 12.4.